The summed E-state index contributed by atoms with van der Waals surface area (Å²) in [4.78, 5) is 41.8. The van der Waals surface area contributed by atoms with Crippen molar-refractivity contribution in [2.45, 2.75) is 47.1 Å². The van der Waals surface area contributed by atoms with Crippen molar-refractivity contribution < 1.29 is 14.4 Å². The highest BCUT2D eigenvalue weighted by atomic mass is 16.2. The first-order valence-corrected chi connectivity index (χ1v) is 11.1. The van der Waals surface area contributed by atoms with E-state index in [1.165, 1.54) is 0 Å². The van der Waals surface area contributed by atoms with Crippen molar-refractivity contribution in [2.75, 3.05) is 16.3 Å². The number of benzene rings is 2. The van der Waals surface area contributed by atoms with Crippen molar-refractivity contribution in [1.82, 2.24) is 5.32 Å². The van der Waals surface area contributed by atoms with Gasteiger partial charge in [0.1, 0.15) is 5.57 Å². The third kappa shape index (κ3) is 3.86. The van der Waals surface area contributed by atoms with Crippen molar-refractivity contribution >= 4 is 40.9 Å². The van der Waals surface area contributed by atoms with E-state index in [0.717, 1.165) is 45.0 Å². The van der Waals surface area contributed by atoms with Gasteiger partial charge in [-0.2, -0.15) is 0 Å². The van der Waals surface area contributed by atoms with Gasteiger partial charge in [-0.1, -0.05) is 18.2 Å². The zero-order chi connectivity index (χ0) is 24.1. The average Bonchev–Trinajstić information content (AvgIpc) is 2.71. The lowest BCUT2D eigenvalue weighted by Gasteiger charge is -2.43. The lowest BCUT2D eigenvalue weighted by atomic mass is 9.86. The number of likely N-dealkylation sites (N-methyl/N-ethyl adjacent to an activating group) is 1. The fourth-order valence-corrected chi connectivity index (χ4v) is 4.79. The van der Waals surface area contributed by atoms with Gasteiger partial charge in [0.15, 0.2) is 0 Å². The van der Waals surface area contributed by atoms with Crippen LogP contribution in [0, 0.1) is 13.8 Å². The molecule has 2 aromatic rings. The molecule has 6 nitrogen and oxygen atoms in total. The van der Waals surface area contributed by atoms with Crippen LogP contribution in [0.3, 0.4) is 0 Å². The minimum absolute atomic E-state index is 0.0655. The molecule has 2 heterocycles. The van der Waals surface area contributed by atoms with Crippen molar-refractivity contribution in [3.05, 3.63) is 70.3 Å². The number of barbiturate groups is 1. The second-order valence-electron chi connectivity index (χ2n) is 9.25. The maximum Gasteiger partial charge on any atom is 0.335 e. The van der Waals surface area contributed by atoms with E-state index in [9.17, 15) is 14.4 Å². The van der Waals surface area contributed by atoms with Crippen LogP contribution < -0.4 is 15.1 Å². The van der Waals surface area contributed by atoms with Crippen LogP contribution in [0.25, 0.3) is 11.6 Å². The van der Waals surface area contributed by atoms with E-state index in [-0.39, 0.29) is 11.1 Å². The van der Waals surface area contributed by atoms with Gasteiger partial charge in [-0.05, 0) is 94.1 Å². The van der Waals surface area contributed by atoms with E-state index in [1.54, 1.807) is 24.3 Å². The van der Waals surface area contributed by atoms with Gasteiger partial charge in [0.05, 0.1) is 11.2 Å². The Morgan fingerprint density at radius 3 is 2.42 bits per heavy atom. The lowest BCUT2D eigenvalue weighted by molar-refractivity contribution is -0.122. The fourth-order valence-electron chi connectivity index (χ4n) is 4.79. The highest BCUT2D eigenvalue weighted by Crippen LogP contribution is 2.40. The summed E-state index contributed by atoms with van der Waals surface area (Å²) in [5.74, 6) is -1.32. The van der Waals surface area contributed by atoms with Crippen LogP contribution >= 0.6 is 0 Å². The van der Waals surface area contributed by atoms with Gasteiger partial charge in [-0.3, -0.25) is 14.9 Å². The molecule has 2 aliphatic rings. The Hall–Kier alpha value is -3.67. The van der Waals surface area contributed by atoms with Gasteiger partial charge in [-0.25, -0.2) is 9.69 Å². The molecule has 6 heteroatoms. The molecule has 170 valence electrons. The monoisotopic (exact) mass is 443 g/mol. The summed E-state index contributed by atoms with van der Waals surface area (Å²) in [5.41, 5.74) is 6.25. The predicted octanol–water partition coefficient (Wildman–Crippen LogP) is 4.99. The Morgan fingerprint density at radius 2 is 1.76 bits per heavy atom. The maximum absolute atomic E-state index is 13.3. The van der Waals surface area contributed by atoms with Crippen LogP contribution in [0.5, 0.6) is 0 Å². The van der Waals surface area contributed by atoms with Gasteiger partial charge < -0.3 is 4.90 Å². The molecule has 0 radical (unpaired) electrons. The van der Waals surface area contributed by atoms with Gasteiger partial charge in [0.2, 0.25) is 0 Å². The Balaban J connectivity index is 1.80. The quantitative estimate of drug-likeness (QED) is 0.536. The largest absolute Gasteiger partial charge is 0.363 e. The third-order valence-corrected chi connectivity index (χ3v) is 6.34. The van der Waals surface area contributed by atoms with E-state index in [4.69, 9.17) is 0 Å². The van der Waals surface area contributed by atoms with Gasteiger partial charge in [0, 0.05) is 17.8 Å². The van der Waals surface area contributed by atoms with Crippen molar-refractivity contribution in [2.24, 2.45) is 0 Å². The Labute approximate surface area is 194 Å². The number of allylic oxidation sites excluding steroid dienone is 1. The molecule has 4 rings (SSSR count). The molecular weight excluding hydrogens is 414 g/mol. The topological polar surface area (TPSA) is 69.7 Å². The number of nitrogens with one attached hydrogen (secondary N) is 1. The Morgan fingerprint density at radius 1 is 1.03 bits per heavy atom. The number of hydrogen-bond donors (Lipinski definition) is 1. The first-order chi connectivity index (χ1) is 15.5. The number of carbonyl (C=O) groups is 3. The molecule has 1 saturated heterocycles. The molecule has 2 aromatic carbocycles. The standard InChI is InChI=1S/C27H29N3O3/c1-7-29-23-12-17(3)19(13-21(23)18(4)15-27(29,5)6)14-22-24(31)28-26(33)30(25(22)32)20-10-8-9-16(2)11-20/h8-15H,7H2,1-6H3,(H,28,31,33)/b22-14+. The number of hydrogen-bond acceptors (Lipinski definition) is 4. The second-order valence-corrected chi connectivity index (χ2v) is 9.25. The smallest absolute Gasteiger partial charge is 0.335 e. The Bertz CT molecular complexity index is 1250. The van der Waals surface area contributed by atoms with Crippen LogP contribution in [0.4, 0.5) is 16.2 Å². The first kappa shape index (κ1) is 22.5. The third-order valence-electron chi connectivity index (χ3n) is 6.34. The summed E-state index contributed by atoms with van der Waals surface area (Å²) in [6, 6.07) is 10.5. The number of imide groups is 2. The minimum Gasteiger partial charge on any atom is -0.363 e. The number of amides is 4. The second kappa shape index (κ2) is 8.03. The summed E-state index contributed by atoms with van der Waals surface area (Å²) >= 11 is 0. The molecule has 0 saturated carbocycles. The van der Waals surface area contributed by atoms with E-state index in [2.05, 4.69) is 50.1 Å². The lowest BCUT2D eigenvalue weighted by Crippen LogP contribution is -2.54. The van der Waals surface area contributed by atoms with Crippen molar-refractivity contribution in [3.8, 4) is 0 Å². The van der Waals surface area contributed by atoms with E-state index < -0.39 is 17.8 Å². The Kier molecular flexibility index (Phi) is 5.48. The average molecular weight is 444 g/mol. The van der Waals surface area contributed by atoms with Crippen LogP contribution in [0.2, 0.25) is 0 Å². The summed E-state index contributed by atoms with van der Waals surface area (Å²) in [7, 11) is 0. The predicted molar refractivity (Wildman–Crippen MR) is 132 cm³/mol. The van der Waals surface area contributed by atoms with Gasteiger partial charge in [0.25, 0.3) is 11.8 Å². The molecule has 33 heavy (non-hydrogen) atoms. The normalized spacial score (nSPS) is 18.9. The van der Waals surface area contributed by atoms with E-state index in [0.29, 0.717) is 5.69 Å². The molecular formula is C27H29N3O3. The number of urea groups is 1. The molecule has 0 bridgehead atoms. The number of nitrogens with zero attached hydrogens (tertiary/aromatic N) is 2. The number of anilines is 2. The van der Waals surface area contributed by atoms with E-state index in [1.807, 2.05) is 26.0 Å². The zero-order valence-electron chi connectivity index (χ0n) is 19.9. The molecule has 0 aliphatic carbocycles. The fraction of sp³-hybridized carbons (Fsp3) is 0.296. The van der Waals surface area contributed by atoms with Gasteiger partial charge in [-0.15, -0.1) is 0 Å². The summed E-state index contributed by atoms with van der Waals surface area (Å²) < 4.78 is 0. The molecule has 4 amide bonds. The van der Waals surface area contributed by atoms with Crippen LogP contribution in [-0.2, 0) is 9.59 Å². The molecule has 1 fully saturated rings. The summed E-state index contributed by atoms with van der Waals surface area (Å²) in [6.45, 7) is 13.3. The van der Waals surface area contributed by atoms with E-state index >= 15 is 0 Å². The molecule has 2 aliphatic heterocycles. The van der Waals surface area contributed by atoms with Gasteiger partial charge >= 0.3 is 6.03 Å². The first-order valence-electron chi connectivity index (χ1n) is 11.1. The number of rotatable bonds is 3. The highest BCUT2D eigenvalue weighted by Gasteiger charge is 2.37. The summed E-state index contributed by atoms with van der Waals surface area (Å²) in [5, 5.41) is 2.30. The SMILES string of the molecule is CCN1c2cc(C)c(/C=C3\C(=O)NC(=O)N(c4cccc(C)c4)C3=O)cc2C(C)=CC1(C)C. The number of carbonyl (C=O) groups excluding carboxylic acids is 3. The molecule has 0 atom stereocenters. The molecule has 0 spiro atoms. The molecule has 1 N–H and O–H groups in total. The number of fused-ring (bicyclic) bond motifs is 1. The minimum atomic E-state index is -0.741. The van der Waals surface area contributed by atoms with Crippen LogP contribution in [0.1, 0.15) is 49.9 Å². The van der Waals surface area contributed by atoms with Crippen LogP contribution in [-0.4, -0.2) is 29.9 Å². The number of aryl methyl sites for hydroxylation is 2. The highest BCUT2D eigenvalue weighted by molar-refractivity contribution is 6.39. The van der Waals surface area contributed by atoms with Crippen molar-refractivity contribution in [1.29, 1.82) is 0 Å². The zero-order valence-corrected chi connectivity index (χ0v) is 19.9. The maximum atomic E-state index is 13.3. The van der Waals surface area contributed by atoms with Crippen molar-refractivity contribution in [3.63, 3.8) is 0 Å². The molecule has 0 aromatic heterocycles. The summed E-state index contributed by atoms with van der Waals surface area (Å²) in [6.07, 6.45) is 3.83. The van der Waals surface area contributed by atoms with Crippen LogP contribution in [0.15, 0.2) is 48.0 Å². The molecule has 0 unspecified atom stereocenters.